The minimum absolute atomic E-state index is 0.792. The fourth-order valence-electron chi connectivity index (χ4n) is 11.2. The van der Waals surface area contributed by atoms with Gasteiger partial charge in [-0.1, -0.05) is 369 Å². The molecule has 0 fully saturated rings. The first-order valence-corrected chi connectivity index (χ1v) is 34.4. The van der Waals surface area contributed by atoms with E-state index in [1.165, 1.54) is 327 Å². The number of unbranched alkanes of at least 4 members (excludes halogenated alkanes) is 36. The first kappa shape index (κ1) is 70.3. The van der Waals surface area contributed by atoms with Gasteiger partial charge in [-0.15, -0.1) is 0 Å². The van der Waals surface area contributed by atoms with Crippen LogP contribution in [-0.4, -0.2) is 19.8 Å². The Balaban J connectivity index is 4.37. The van der Waals surface area contributed by atoms with Crippen LogP contribution in [0.3, 0.4) is 0 Å². The van der Waals surface area contributed by atoms with Gasteiger partial charge in [-0.2, -0.15) is 0 Å². The van der Waals surface area contributed by atoms with Gasteiger partial charge in [0.1, 0.15) is 0 Å². The zero-order chi connectivity index (χ0) is 50.7. The summed E-state index contributed by atoms with van der Waals surface area (Å²) in [5.74, 6) is 3.01. The van der Waals surface area contributed by atoms with Crippen LogP contribution in [-0.2, 0) is 13.6 Å². The Morgan fingerprint density at radius 1 is 0.186 bits per heavy atom. The van der Waals surface area contributed by atoms with Crippen LogP contribution in [0.4, 0.5) is 0 Å². The van der Waals surface area contributed by atoms with Gasteiger partial charge in [-0.05, 0) is 37.0 Å². The molecule has 70 heavy (non-hydrogen) atoms. The Kier molecular flexibility index (Phi) is 62.1. The summed E-state index contributed by atoms with van der Waals surface area (Å²) >= 11 is 0. The summed E-state index contributed by atoms with van der Waals surface area (Å²) in [6.45, 7) is 16.4. The molecule has 0 rings (SSSR count). The highest BCUT2D eigenvalue weighted by molar-refractivity contribution is 7.41. The maximum absolute atomic E-state index is 6.33. The van der Waals surface area contributed by atoms with Crippen LogP contribution in [0, 0.1) is 17.8 Å². The van der Waals surface area contributed by atoms with Crippen molar-refractivity contribution in [2.45, 2.75) is 388 Å². The zero-order valence-corrected chi connectivity index (χ0v) is 50.6. The molecule has 0 saturated heterocycles. The number of rotatable bonds is 63. The summed E-state index contributed by atoms with van der Waals surface area (Å²) in [7, 11) is -1.21. The molecule has 0 unspecified atom stereocenters. The zero-order valence-electron chi connectivity index (χ0n) is 49.7. The number of hydrogen-bond acceptors (Lipinski definition) is 3. The Morgan fingerprint density at radius 2 is 0.329 bits per heavy atom. The summed E-state index contributed by atoms with van der Waals surface area (Å²) in [6, 6.07) is 0. The van der Waals surface area contributed by atoms with Crippen molar-refractivity contribution >= 4 is 8.60 Å². The largest absolute Gasteiger partial charge is 0.332 e. The predicted octanol–water partition coefficient (Wildman–Crippen LogP) is 25.3. The van der Waals surface area contributed by atoms with Crippen LogP contribution in [0.15, 0.2) is 0 Å². The van der Waals surface area contributed by atoms with Gasteiger partial charge in [0.2, 0.25) is 0 Å². The van der Waals surface area contributed by atoms with E-state index in [9.17, 15) is 0 Å². The lowest BCUT2D eigenvalue weighted by atomic mass is 9.90. The molecule has 0 aromatic carbocycles. The SMILES string of the molecule is CCCCCC(CCCCC)CCCCCCCCCCCOP(OCCCCCCCCCCCC(CCCCC)CCCCC)OCCCCCCCCCCCC(CCCCC)CCCCC. The monoisotopic (exact) mass is 1010 g/mol. The first-order valence-electron chi connectivity index (χ1n) is 33.3. The Hall–Kier alpha value is 0.310. The minimum atomic E-state index is -1.21. The van der Waals surface area contributed by atoms with E-state index in [0.717, 1.165) is 56.8 Å². The second kappa shape index (κ2) is 61.9. The van der Waals surface area contributed by atoms with Crippen LogP contribution < -0.4 is 0 Å². The third-order valence-corrected chi connectivity index (χ3v) is 17.3. The molecule has 0 heterocycles. The van der Waals surface area contributed by atoms with Gasteiger partial charge in [-0.3, -0.25) is 0 Å². The molecule has 0 atom stereocenters. The third-order valence-electron chi connectivity index (χ3n) is 16.2. The molecule has 0 N–H and O–H groups in total. The van der Waals surface area contributed by atoms with E-state index in [1.807, 2.05) is 0 Å². The summed E-state index contributed by atoms with van der Waals surface area (Å²) < 4.78 is 19.0. The fourth-order valence-corrected chi connectivity index (χ4v) is 12.3. The standard InChI is InChI=1S/C66H135O3P/c1-7-13-40-52-64(53-41-14-8-2)58-46-34-28-22-19-25-31-37-49-61-67-70(68-62-50-38-32-26-20-23-29-35-47-59-65(54-42-15-9-3)55-43-16-10-4)69-63-51-39-33-27-21-24-30-36-48-60-66(56-44-17-11-5)57-45-18-12-6/h64-66H,7-63H2,1-6H3. The number of hydrogen-bond donors (Lipinski definition) is 0. The normalized spacial score (nSPS) is 12.1. The average Bonchev–Trinajstić information content (AvgIpc) is 3.36. The van der Waals surface area contributed by atoms with Crippen molar-refractivity contribution in [2.75, 3.05) is 19.8 Å². The minimum Gasteiger partial charge on any atom is -0.312 e. The average molecular weight is 1010 g/mol. The van der Waals surface area contributed by atoms with Gasteiger partial charge in [0, 0.05) is 0 Å². The summed E-state index contributed by atoms with van der Waals surface area (Å²) in [6.07, 6.45) is 75.9. The molecule has 0 amide bonds. The van der Waals surface area contributed by atoms with Gasteiger partial charge in [0.05, 0.1) is 19.8 Å². The molecule has 0 spiro atoms. The van der Waals surface area contributed by atoms with Crippen LogP contribution in [0.5, 0.6) is 0 Å². The van der Waals surface area contributed by atoms with E-state index < -0.39 is 8.60 Å². The molecule has 0 aliphatic heterocycles. The lowest BCUT2D eigenvalue weighted by Gasteiger charge is -2.17. The molecule has 4 heteroatoms. The Labute approximate surface area is 446 Å². The van der Waals surface area contributed by atoms with E-state index in [2.05, 4.69) is 41.5 Å². The Morgan fingerprint density at radius 3 is 0.500 bits per heavy atom. The topological polar surface area (TPSA) is 27.7 Å². The molecule has 0 aromatic heterocycles. The Bertz CT molecular complexity index is 770. The molecular formula is C66H135O3P. The third kappa shape index (κ3) is 54.6. The maximum Gasteiger partial charge on any atom is 0.332 e. The highest BCUT2D eigenvalue weighted by atomic mass is 31.2. The van der Waals surface area contributed by atoms with Crippen LogP contribution in [0.2, 0.25) is 0 Å². The van der Waals surface area contributed by atoms with E-state index in [1.54, 1.807) is 0 Å². The molecule has 0 aliphatic rings. The van der Waals surface area contributed by atoms with Gasteiger partial charge in [0.15, 0.2) is 0 Å². The first-order chi connectivity index (χ1) is 34.6. The summed E-state index contributed by atoms with van der Waals surface area (Å²) in [5.41, 5.74) is 0. The van der Waals surface area contributed by atoms with Crippen molar-refractivity contribution in [3.63, 3.8) is 0 Å². The molecule has 0 aliphatic carbocycles. The molecule has 0 radical (unpaired) electrons. The summed E-state index contributed by atoms with van der Waals surface area (Å²) in [4.78, 5) is 0. The fraction of sp³-hybridized carbons (Fsp3) is 1.00. The van der Waals surface area contributed by atoms with E-state index in [0.29, 0.717) is 0 Å². The molecule has 0 bridgehead atoms. The lowest BCUT2D eigenvalue weighted by molar-refractivity contribution is 0.153. The van der Waals surface area contributed by atoms with E-state index in [4.69, 9.17) is 13.6 Å². The van der Waals surface area contributed by atoms with Crippen molar-refractivity contribution in [2.24, 2.45) is 17.8 Å². The van der Waals surface area contributed by atoms with E-state index >= 15 is 0 Å². The van der Waals surface area contributed by atoms with Crippen LogP contribution in [0.1, 0.15) is 388 Å². The highest BCUT2D eigenvalue weighted by Gasteiger charge is 2.14. The lowest BCUT2D eigenvalue weighted by Crippen LogP contribution is -2.01. The smallest absolute Gasteiger partial charge is 0.312 e. The van der Waals surface area contributed by atoms with Gasteiger partial charge < -0.3 is 13.6 Å². The molecule has 422 valence electrons. The van der Waals surface area contributed by atoms with Gasteiger partial charge in [-0.25, -0.2) is 0 Å². The summed E-state index contributed by atoms with van der Waals surface area (Å²) in [5, 5.41) is 0. The van der Waals surface area contributed by atoms with Crippen molar-refractivity contribution in [3.8, 4) is 0 Å². The van der Waals surface area contributed by atoms with Crippen molar-refractivity contribution in [1.29, 1.82) is 0 Å². The van der Waals surface area contributed by atoms with Crippen LogP contribution in [0.25, 0.3) is 0 Å². The van der Waals surface area contributed by atoms with Crippen molar-refractivity contribution in [3.05, 3.63) is 0 Å². The second-order valence-corrected chi connectivity index (χ2v) is 24.4. The highest BCUT2D eigenvalue weighted by Crippen LogP contribution is 2.40. The van der Waals surface area contributed by atoms with Gasteiger partial charge in [0.25, 0.3) is 0 Å². The quantitative estimate of drug-likeness (QED) is 0.0449. The van der Waals surface area contributed by atoms with E-state index in [-0.39, 0.29) is 0 Å². The van der Waals surface area contributed by atoms with Gasteiger partial charge >= 0.3 is 8.60 Å². The van der Waals surface area contributed by atoms with Crippen molar-refractivity contribution < 1.29 is 13.6 Å². The molecule has 3 nitrogen and oxygen atoms in total. The molecular weight excluding hydrogens is 872 g/mol. The second-order valence-electron chi connectivity index (χ2n) is 23.2. The van der Waals surface area contributed by atoms with Crippen LogP contribution >= 0.6 is 8.60 Å². The molecule has 0 saturated carbocycles. The predicted molar refractivity (Wildman–Crippen MR) is 319 cm³/mol. The molecule has 0 aromatic rings. The van der Waals surface area contributed by atoms with Crippen molar-refractivity contribution in [1.82, 2.24) is 0 Å². The maximum atomic E-state index is 6.33.